The number of nitrogens with zero attached hydrogens (tertiary/aromatic N) is 1. The third-order valence-corrected chi connectivity index (χ3v) is 3.14. The zero-order chi connectivity index (χ0) is 11.1. The molecule has 1 rings (SSSR count). The van der Waals surface area contributed by atoms with Crippen molar-refractivity contribution in [2.24, 2.45) is 0 Å². The molecule has 0 radical (unpaired) electrons. The number of hydrogen-bond donors (Lipinski definition) is 1. The molecule has 0 bridgehead atoms. The zero-order valence-corrected chi connectivity index (χ0v) is 10.1. The molecule has 0 saturated carbocycles. The highest BCUT2D eigenvalue weighted by molar-refractivity contribution is 5.78. The average Bonchev–Trinajstić information content (AvgIpc) is 2.27. The Labute approximate surface area is 93.2 Å². The first-order chi connectivity index (χ1) is 7.27. The van der Waals surface area contributed by atoms with E-state index in [9.17, 15) is 4.79 Å². The van der Waals surface area contributed by atoms with E-state index in [4.69, 9.17) is 0 Å². The Balaban J connectivity index is 2.30. The van der Waals surface area contributed by atoms with Crippen LogP contribution in [0.4, 0.5) is 0 Å². The number of likely N-dealkylation sites (tertiary alicyclic amines) is 1. The lowest BCUT2D eigenvalue weighted by Crippen LogP contribution is -2.45. The third-order valence-electron chi connectivity index (χ3n) is 3.14. The predicted molar refractivity (Wildman–Crippen MR) is 62.8 cm³/mol. The van der Waals surface area contributed by atoms with Gasteiger partial charge in [0, 0.05) is 12.6 Å². The molecule has 15 heavy (non-hydrogen) atoms. The van der Waals surface area contributed by atoms with E-state index in [1.54, 1.807) is 0 Å². The van der Waals surface area contributed by atoms with Gasteiger partial charge in [-0.15, -0.1) is 0 Å². The van der Waals surface area contributed by atoms with Gasteiger partial charge < -0.3 is 5.32 Å². The maximum absolute atomic E-state index is 11.6. The van der Waals surface area contributed by atoms with Crippen molar-refractivity contribution in [1.29, 1.82) is 0 Å². The van der Waals surface area contributed by atoms with Crippen molar-refractivity contribution in [2.45, 2.75) is 52.0 Å². The Morgan fingerprint density at radius 3 is 2.87 bits per heavy atom. The van der Waals surface area contributed by atoms with Gasteiger partial charge in [-0.1, -0.05) is 20.3 Å². The second kappa shape index (κ2) is 6.83. The lowest BCUT2D eigenvalue weighted by atomic mass is 10.0. The smallest absolute Gasteiger partial charge is 0.234 e. The number of amides is 1. The topological polar surface area (TPSA) is 32.3 Å². The van der Waals surface area contributed by atoms with Gasteiger partial charge >= 0.3 is 0 Å². The number of piperidine rings is 1. The lowest BCUT2D eigenvalue weighted by molar-refractivity contribution is -0.123. The largest absolute Gasteiger partial charge is 0.355 e. The van der Waals surface area contributed by atoms with Crippen molar-refractivity contribution in [1.82, 2.24) is 10.2 Å². The summed E-state index contributed by atoms with van der Waals surface area (Å²) in [5.41, 5.74) is 0. The molecule has 1 fully saturated rings. The number of rotatable bonds is 5. The molecule has 0 aromatic carbocycles. The summed E-state index contributed by atoms with van der Waals surface area (Å²) in [6.07, 6.45) is 6.02. The Hall–Kier alpha value is -0.570. The highest BCUT2D eigenvalue weighted by atomic mass is 16.2. The van der Waals surface area contributed by atoms with Crippen LogP contribution in [-0.4, -0.2) is 36.5 Å². The highest BCUT2D eigenvalue weighted by Crippen LogP contribution is 2.18. The standard InChI is InChI=1S/C12H24N2O/c1-3-8-13-12(15)10-14-9-6-5-7-11(14)4-2/h11H,3-10H2,1-2H3,(H,13,15)/t11-/m0/s1. The first-order valence-corrected chi connectivity index (χ1v) is 6.28. The Morgan fingerprint density at radius 1 is 1.40 bits per heavy atom. The number of nitrogens with one attached hydrogen (secondary N) is 1. The van der Waals surface area contributed by atoms with Gasteiger partial charge in [0.25, 0.3) is 0 Å². The minimum Gasteiger partial charge on any atom is -0.355 e. The van der Waals surface area contributed by atoms with Crippen LogP contribution in [0.1, 0.15) is 46.0 Å². The van der Waals surface area contributed by atoms with Gasteiger partial charge in [-0.3, -0.25) is 9.69 Å². The van der Waals surface area contributed by atoms with E-state index < -0.39 is 0 Å². The van der Waals surface area contributed by atoms with E-state index in [-0.39, 0.29) is 5.91 Å². The van der Waals surface area contributed by atoms with Crippen LogP contribution in [0.5, 0.6) is 0 Å². The minimum absolute atomic E-state index is 0.192. The van der Waals surface area contributed by atoms with Crippen LogP contribution in [0.15, 0.2) is 0 Å². The molecule has 1 saturated heterocycles. The molecule has 1 heterocycles. The van der Waals surface area contributed by atoms with E-state index in [0.29, 0.717) is 12.6 Å². The third kappa shape index (κ3) is 4.20. The van der Waals surface area contributed by atoms with Crippen LogP contribution in [-0.2, 0) is 4.79 Å². The van der Waals surface area contributed by atoms with E-state index in [0.717, 1.165) is 19.5 Å². The van der Waals surface area contributed by atoms with Crippen molar-refractivity contribution < 1.29 is 4.79 Å². The summed E-state index contributed by atoms with van der Waals surface area (Å²) in [5.74, 6) is 0.192. The van der Waals surface area contributed by atoms with Gasteiger partial charge in [0.15, 0.2) is 0 Å². The van der Waals surface area contributed by atoms with Crippen LogP contribution in [0.2, 0.25) is 0 Å². The minimum atomic E-state index is 0.192. The fourth-order valence-corrected chi connectivity index (χ4v) is 2.24. The fourth-order valence-electron chi connectivity index (χ4n) is 2.24. The molecule has 0 aliphatic carbocycles. The fraction of sp³-hybridized carbons (Fsp3) is 0.917. The molecule has 3 nitrogen and oxygen atoms in total. The van der Waals surface area contributed by atoms with Crippen molar-refractivity contribution in [2.75, 3.05) is 19.6 Å². The zero-order valence-electron chi connectivity index (χ0n) is 10.1. The molecule has 1 aliphatic heterocycles. The predicted octanol–water partition coefficient (Wildman–Crippen LogP) is 1.78. The Morgan fingerprint density at radius 2 is 2.20 bits per heavy atom. The van der Waals surface area contributed by atoms with Crippen LogP contribution in [0.3, 0.4) is 0 Å². The molecule has 3 heteroatoms. The lowest BCUT2D eigenvalue weighted by Gasteiger charge is -2.34. The van der Waals surface area contributed by atoms with Gasteiger partial charge in [-0.2, -0.15) is 0 Å². The molecular weight excluding hydrogens is 188 g/mol. The van der Waals surface area contributed by atoms with Crippen molar-refractivity contribution in [3.63, 3.8) is 0 Å². The second-order valence-corrected chi connectivity index (χ2v) is 4.38. The normalized spacial score (nSPS) is 22.7. The van der Waals surface area contributed by atoms with E-state index in [1.165, 1.54) is 25.7 Å². The molecule has 0 aromatic rings. The van der Waals surface area contributed by atoms with Gasteiger partial charge in [-0.05, 0) is 32.2 Å². The first-order valence-electron chi connectivity index (χ1n) is 6.28. The Bertz CT molecular complexity index is 194. The molecule has 88 valence electrons. The SMILES string of the molecule is CCCNC(=O)CN1CCCC[C@@H]1CC. The molecule has 0 spiro atoms. The summed E-state index contributed by atoms with van der Waals surface area (Å²) < 4.78 is 0. The molecule has 1 aliphatic rings. The first kappa shape index (κ1) is 12.5. The van der Waals surface area contributed by atoms with Crippen LogP contribution in [0.25, 0.3) is 0 Å². The van der Waals surface area contributed by atoms with Crippen LogP contribution < -0.4 is 5.32 Å². The average molecular weight is 212 g/mol. The number of carbonyl (C=O) groups is 1. The van der Waals surface area contributed by atoms with Gasteiger partial charge in [-0.25, -0.2) is 0 Å². The van der Waals surface area contributed by atoms with Gasteiger partial charge in [0.1, 0.15) is 0 Å². The summed E-state index contributed by atoms with van der Waals surface area (Å²) in [6, 6.07) is 0.631. The van der Waals surface area contributed by atoms with E-state index >= 15 is 0 Å². The molecule has 1 N–H and O–H groups in total. The van der Waals surface area contributed by atoms with E-state index in [2.05, 4.69) is 24.1 Å². The number of carbonyl (C=O) groups excluding carboxylic acids is 1. The van der Waals surface area contributed by atoms with Gasteiger partial charge in [0.05, 0.1) is 6.54 Å². The van der Waals surface area contributed by atoms with E-state index in [1.807, 2.05) is 0 Å². The maximum Gasteiger partial charge on any atom is 0.234 e. The summed E-state index contributed by atoms with van der Waals surface area (Å²) in [7, 11) is 0. The monoisotopic (exact) mass is 212 g/mol. The molecule has 1 amide bonds. The summed E-state index contributed by atoms with van der Waals surface area (Å²) in [6.45, 7) is 6.79. The molecule has 0 unspecified atom stereocenters. The summed E-state index contributed by atoms with van der Waals surface area (Å²) >= 11 is 0. The summed E-state index contributed by atoms with van der Waals surface area (Å²) in [5, 5.41) is 2.94. The van der Waals surface area contributed by atoms with Crippen molar-refractivity contribution in [3.05, 3.63) is 0 Å². The summed E-state index contributed by atoms with van der Waals surface area (Å²) in [4.78, 5) is 13.9. The van der Waals surface area contributed by atoms with Crippen LogP contribution >= 0.6 is 0 Å². The Kier molecular flexibility index (Phi) is 5.69. The highest BCUT2D eigenvalue weighted by Gasteiger charge is 2.22. The maximum atomic E-state index is 11.6. The van der Waals surface area contributed by atoms with Crippen molar-refractivity contribution in [3.8, 4) is 0 Å². The molecule has 0 aromatic heterocycles. The van der Waals surface area contributed by atoms with Crippen LogP contribution in [0, 0.1) is 0 Å². The van der Waals surface area contributed by atoms with Gasteiger partial charge in [0.2, 0.25) is 5.91 Å². The van der Waals surface area contributed by atoms with Crippen molar-refractivity contribution >= 4 is 5.91 Å². The molecular formula is C12H24N2O. The quantitative estimate of drug-likeness (QED) is 0.753. The number of hydrogen-bond acceptors (Lipinski definition) is 2. The molecule has 1 atom stereocenters. The second-order valence-electron chi connectivity index (χ2n) is 4.38.